The normalized spacial score (nSPS) is 34.0. The molecule has 3 aliphatic rings. The van der Waals surface area contributed by atoms with Gasteiger partial charge < -0.3 is 9.47 Å². The summed E-state index contributed by atoms with van der Waals surface area (Å²) in [5.41, 5.74) is 0. The molecule has 1 heterocycles. The molecule has 1 aliphatic heterocycles. The van der Waals surface area contributed by atoms with Gasteiger partial charge in [0, 0.05) is 5.92 Å². The average Bonchev–Trinajstić information content (AvgIpc) is 2.91. The van der Waals surface area contributed by atoms with E-state index in [0.29, 0.717) is 6.08 Å². The van der Waals surface area contributed by atoms with Gasteiger partial charge in [0.2, 0.25) is 6.29 Å². The van der Waals surface area contributed by atoms with Crippen molar-refractivity contribution < 1.29 is 22.6 Å². The second kappa shape index (κ2) is 6.81. The van der Waals surface area contributed by atoms with Gasteiger partial charge in [0.1, 0.15) is 11.9 Å². The standard InChI is InChI=1S/C17H25F3O2/c18-17(19,20)11-14-15(12-7-3-1-4-8-12)22-16(21-14)13-9-5-2-6-10-13/h11-13,15-16H,1-10H2/b14-11+. The Morgan fingerprint density at radius 3 is 1.91 bits per heavy atom. The van der Waals surface area contributed by atoms with E-state index in [-0.39, 0.29) is 17.6 Å². The van der Waals surface area contributed by atoms with Gasteiger partial charge in [0.15, 0.2) is 0 Å². The Morgan fingerprint density at radius 2 is 1.36 bits per heavy atom. The van der Waals surface area contributed by atoms with Crippen molar-refractivity contribution in [3.05, 3.63) is 11.8 Å². The van der Waals surface area contributed by atoms with Crippen molar-refractivity contribution >= 4 is 0 Å². The van der Waals surface area contributed by atoms with Gasteiger partial charge >= 0.3 is 6.18 Å². The summed E-state index contributed by atoms with van der Waals surface area (Å²) in [6.07, 6.45) is 5.71. The number of halogens is 3. The summed E-state index contributed by atoms with van der Waals surface area (Å²) in [6, 6.07) is 0. The second-order valence-corrected chi connectivity index (χ2v) is 6.93. The van der Waals surface area contributed by atoms with E-state index in [1.165, 1.54) is 12.8 Å². The SMILES string of the molecule is FC(F)(F)/C=C1/OC(C2CCCCC2)OC1C1CCCCC1. The van der Waals surface area contributed by atoms with E-state index in [9.17, 15) is 13.2 Å². The fourth-order valence-electron chi connectivity index (χ4n) is 4.11. The van der Waals surface area contributed by atoms with Crippen LogP contribution in [0.3, 0.4) is 0 Å². The predicted octanol–water partition coefficient (Wildman–Crippen LogP) is 5.33. The van der Waals surface area contributed by atoms with E-state index in [1.807, 2.05) is 0 Å². The van der Waals surface area contributed by atoms with Gasteiger partial charge in [0.05, 0.1) is 6.08 Å². The van der Waals surface area contributed by atoms with Crippen molar-refractivity contribution in [2.24, 2.45) is 11.8 Å². The Balaban J connectivity index is 1.73. The lowest BCUT2D eigenvalue weighted by molar-refractivity contribution is -0.111. The fraction of sp³-hybridized carbons (Fsp3) is 0.882. The molecule has 3 fully saturated rings. The molecule has 0 radical (unpaired) electrons. The van der Waals surface area contributed by atoms with Crippen LogP contribution in [0.15, 0.2) is 11.8 Å². The molecule has 2 nitrogen and oxygen atoms in total. The highest BCUT2D eigenvalue weighted by Crippen LogP contribution is 2.42. The number of allylic oxidation sites excluding steroid dienone is 1. The molecule has 3 rings (SSSR count). The van der Waals surface area contributed by atoms with Crippen molar-refractivity contribution in [2.45, 2.75) is 82.8 Å². The molecule has 0 amide bonds. The molecule has 2 aliphatic carbocycles. The Kier molecular flexibility index (Phi) is 5.00. The maximum atomic E-state index is 12.8. The fourth-order valence-corrected chi connectivity index (χ4v) is 4.11. The van der Waals surface area contributed by atoms with Crippen molar-refractivity contribution in [1.29, 1.82) is 0 Å². The number of ether oxygens (including phenoxy) is 2. The first-order valence-corrected chi connectivity index (χ1v) is 8.64. The summed E-state index contributed by atoms with van der Waals surface area (Å²) >= 11 is 0. The monoisotopic (exact) mass is 318 g/mol. The lowest BCUT2D eigenvalue weighted by atomic mass is 9.84. The second-order valence-electron chi connectivity index (χ2n) is 6.93. The minimum Gasteiger partial charge on any atom is -0.466 e. The Hall–Kier alpha value is -0.710. The van der Waals surface area contributed by atoms with Crippen LogP contribution in [-0.2, 0) is 9.47 Å². The van der Waals surface area contributed by atoms with Crippen LogP contribution in [0.5, 0.6) is 0 Å². The lowest BCUT2D eigenvalue weighted by Gasteiger charge is -2.28. The van der Waals surface area contributed by atoms with Gasteiger partial charge in [-0.15, -0.1) is 0 Å². The third-order valence-corrected chi connectivity index (χ3v) is 5.23. The maximum Gasteiger partial charge on any atom is 0.413 e. The van der Waals surface area contributed by atoms with Gasteiger partial charge in [-0.3, -0.25) is 0 Å². The van der Waals surface area contributed by atoms with Gasteiger partial charge in [-0.1, -0.05) is 38.5 Å². The molecular weight excluding hydrogens is 293 g/mol. The highest BCUT2D eigenvalue weighted by atomic mass is 19.4. The van der Waals surface area contributed by atoms with Crippen LogP contribution in [0.1, 0.15) is 64.2 Å². The van der Waals surface area contributed by atoms with E-state index < -0.39 is 18.6 Å². The Morgan fingerprint density at radius 1 is 0.818 bits per heavy atom. The predicted molar refractivity (Wildman–Crippen MR) is 77.0 cm³/mol. The molecule has 2 atom stereocenters. The number of hydrogen-bond donors (Lipinski definition) is 0. The van der Waals surface area contributed by atoms with E-state index in [4.69, 9.17) is 9.47 Å². The number of hydrogen-bond acceptors (Lipinski definition) is 2. The molecule has 0 aromatic rings. The van der Waals surface area contributed by atoms with Crippen LogP contribution in [-0.4, -0.2) is 18.6 Å². The van der Waals surface area contributed by atoms with Gasteiger partial charge in [0.25, 0.3) is 0 Å². The zero-order valence-electron chi connectivity index (χ0n) is 12.9. The largest absolute Gasteiger partial charge is 0.466 e. The van der Waals surface area contributed by atoms with Crippen molar-refractivity contribution in [3.8, 4) is 0 Å². The minimum atomic E-state index is -4.34. The van der Waals surface area contributed by atoms with E-state index >= 15 is 0 Å². The van der Waals surface area contributed by atoms with Crippen LogP contribution < -0.4 is 0 Å². The molecular formula is C17H25F3O2. The smallest absolute Gasteiger partial charge is 0.413 e. The highest BCUT2D eigenvalue weighted by molar-refractivity contribution is 5.10. The van der Waals surface area contributed by atoms with Crippen LogP contribution in [0.4, 0.5) is 13.2 Å². The van der Waals surface area contributed by atoms with Gasteiger partial charge in [-0.25, -0.2) is 0 Å². The maximum absolute atomic E-state index is 12.8. The van der Waals surface area contributed by atoms with Crippen LogP contribution >= 0.6 is 0 Å². The molecule has 0 bridgehead atoms. The summed E-state index contributed by atoms with van der Waals surface area (Å²) in [7, 11) is 0. The van der Waals surface area contributed by atoms with Crippen molar-refractivity contribution in [2.75, 3.05) is 0 Å². The zero-order valence-corrected chi connectivity index (χ0v) is 12.9. The Labute approximate surface area is 130 Å². The number of alkyl halides is 3. The van der Waals surface area contributed by atoms with E-state index in [1.54, 1.807) is 0 Å². The zero-order chi connectivity index (χ0) is 15.6. The first kappa shape index (κ1) is 16.2. The van der Waals surface area contributed by atoms with Crippen LogP contribution in [0.25, 0.3) is 0 Å². The summed E-state index contributed by atoms with van der Waals surface area (Å²) in [5.74, 6) is 0.449. The third-order valence-electron chi connectivity index (χ3n) is 5.23. The first-order chi connectivity index (χ1) is 10.5. The molecule has 5 heteroatoms. The summed E-state index contributed by atoms with van der Waals surface area (Å²) in [6.45, 7) is 0. The van der Waals surface area contributed by atoms with E-state index in [2.05, 4.69) is 0 Å². The van der Waals surface area contributed by atoms with Crippen LogP contribution in [0, 0.1) is 11.8 Å². The van der Waals surface area contributed by atoms with Crippen LogP contribution in [0.2, 0.25) is 0 Å². The molecule has 2 saturated carbocycles. The molecule has 0 aromatic carbocycles. The summed E-state index contributed by atoms with van der Waals surface area (Å²) in [4.78, 5) is 0. The highest BCUT2D eigenvalue weighted by Gasteiger charge is 2.43. The lowest BCUT2D eigenvalue weighted by Crippen LogP contribution is -2.28. The first-order valence-electron chi connectivity index (χ1n) is 8.64. The van der Waals surface area contributed by atoms with E-state index in [0.717, 1.165) is 51.4 Å². The molecule has 0 spiro atoms. The molecule has 2 unspecified atom stereocenters. The topological polar surface area (TPSA) is 18.5 Å². The van der Waals surface area contributed by atoms with Crippen molar-refractivity contribution in [3.63, 3.8) is 0 Å². The molecule has 22 heavy (non-hydrogen) atoms. The van der Waals surface area contributed by atoms with Crippen molar-refractivity contribution in [1.82, 2.24) is 0 Å². The molecule has 0 N–H and O–H groups in total. The Bertz CT molecular complexity index is 393. The minimum absolute atomic E-state index is 0.0231. The molecule has 126 valence electrons. The summed E-state index contributed by atoms with van der Waals surface area (Å²) < 4.78 is 50.1. The molecule has 0 aromatic heterocycles. The molecule has 1 saturated heterocycles. The quantitative estimate of drug-likeness (QED) is 0.684. The van der Waals surface area contributed by atoms with Gasteiger partial charge in [-0.05, 0) is 31.6 Å². The number of rotatable bonds is 2. The average molecular weight is 318 g/mol. The summed E-state index contributed by atoms with van der Waals surface area (Å²) in [5, 5.41) is 0. The van der Waals surface area contributed by atoms with Gasteiger partial charge in [-0.2, -0.15) is 13.2 Å². The third kappa shape index (κ3) is 3.98.